The molecule has 0 heterocycles. The molecule has 0 fully saturated rings. The van der Waals surface area contributed by atoms with Crippen LogP contribution in [0.1, 0.15) is 41.5 Å². The molecule has 0 aromatic carbocycles. The molecular formula is C16H31IO2Si. The first kappa shape index (κ1) is 20.3. The second-order valence-electron chi connectivity index (χ2n) is 7.10. The lowest BCUT2D eigenvalue weighted by molar-refractivity contribution is 0.0767. The molecule has 0 aromatic rings. The highest BCUT2D eigenvalue weighted by molar-refractivity contribution is 14.1. The quantitative estimate of drug-likeness (QED) is 0.366. The summed E-state index contributed by atoms with van der Waals surface area (Å²) >= 11 is 2.26. The Labute approximate surface area is 140 Å². The van der Waals surface area contributed by atoms with E-state index >= 15 is 0 Å². The van der Waals surface area contributed by atoms with Crippen LogP contribution in [0.15, 0.2) is 21.3 Å². The summed E-state index contributed by atoms with van der Waals surface area (Å²) < 4.78 is 8.43. The van der Waals surface area contributed by atoms with E-state index in [0.29, 0.717) is 0 Å². The summed E-state index contributed by atoms with van der Waals surface area (Å²) in [7, 11) is -1.84. The lowest BCUT2D eigenvalue weighted by Crippen LogP contribution is -2.46. The Morgan fingerprint density at radius 1 is 1.25 bits per heavy atom. The minimum Gasteiger partial charge on any atom is -0.411 e. The molecule has 0 aliphatic carbocycles. The molecule has 0 amide bonds. The van der Waals surface area contributed by atoms with Crippen molar-refractivity contribution in [1.29, 1.82) is 0 Å². The number of aliphatic hydroxyl groups is 1. The van der Waals surface area contributed by atoms with Gasteiger partial charge in [-0.1, -0.05) is 61.9 Å². The maximum atomic E-state index is 9.69. The Bertz CT molecular complexity index is 367. The van der Waals surface area contributed by atoms with E-state index in [-0.39, 0.29) is 23.7 Å². The van der Waals surface area contributed by atoms with Crippen LogP contribution in [-0.4, -0.2) is 26.1 Å². The standard InChI is InChI=1S/C16H31IO2Si/c1-12(14(3)10-17)9-13(2)15(11-18)19-20(7,8)16(4,5)6/h9-10,13,15,18H,11H2,1-8H3/b12-9+,14-10+/t13-,15+/m1/s1. The molecule has 4 heteroatoms. The van der Waals surface area contributed by atoms with Gasteiger partial charge >= 0.3 is 0 Å². The van der Waals surface area contributed by atoms with Crippen LogP contribution in [0.25, 0.3) is 0 Å². The molecule has 1 N–H and O–H groups in total. The molecule has 0 saturated carbocycles. The van der Waals surface area contributed by atoms with Crippen LogP contribution in [-0.2, 0) is 4.43 Å². The van der Waals surface area contributed by atoms with E-state index in [4.69, 9.17) is 4.43 Å². The van der Waals surface area contributed by atoms with Crippen molar-refractivity contribution in [2.75, 3.05) is 6.61 Å². The zero-order valence-corrected chi connectivity index (χ0v) is 17.4. The highest BCUT2D eigenvalue weighted by atomic mass is 127. The van der Waals surface area contributed by atoms with Crippen LogP contribution in [0.3, 0.4) is 0 Å². The van der Waals surface area contributed by atoms with Crippen LogP contribution < -0.4 is 0 Å². The normalized spacial score (nSPS) is 18.1. The molecule has 0 aromatic heterocycles. The largest absolute Gasteiger partial charge is 0.411 e. The minimum absolute atomic E-state index is 0.0739. The molecule has 0 aliphatic rings. The van der Waals surface area contributed by atoms with Crippen LogP contribution in [0.4, 0.5) is 0 Å². The van der Waals surface area contributed by atoms with Gasteiger partial charge in [0.05, 0.1) is 12.7 Å². The molecule has 20 heavy (non-hydrogen) atoms. The van der Waals surface area contributed by atoms with Crippen molar-refractivity contribution in [3.8, 4) is 0 Å². The van der Waals surface area contributed by atoms with Gasteiger partial charge in [-0.25, -0.2) is 0 Å². The summed E-state index contributed by atoms with van der Waals surface area (Å²) in [6.07, 6.45) is 2.09. The zero-order chi connectivity index (χ0) is 16.1. The summed E-state index contributed by atoms with van der Waals surface area (Å²) in [6.45, 7) is 17.6. The van der Waals surface area contributed by atoms with E-state index in [1.807, 2.05) is 0 Å². The predicted octanol–water partition coefficient (Wildman–Crippen LogP) is 5.29. The van der Waals surface area contributed by atoms with Gasteiger partial charge in [-0.3, -0.25) is 0 Å². The maximum absolute atomic E-state index is 9.69. The van der Waals surface area contributed by atoms with Crippen molar-refractivity contribution < 1.29 is 9.53 Å². The molecule has 0 aliphatic heterocycles. The Morgan fingerprint density at radius 2 is 1.75 bits per heavy atom. The number of halogens is 1. The maximum Gasteiger partial charge on any atom is 0.192 e. The third kappa shape index (κ3) is 5.99. The molecule has 0 spiro atoms. The topological polar surface area (TPSA) is 29.5 Å². The first-order valence-electron chi connectivity index (χ1n) is 7.20. The van der Waals surface area contributed by atoms with Crippen LogP contribution in [0, 0.1) is 5.92 Å². The molecular weight excluding hydrogens is 379 g/mol. The van der Waals surface area contributed by atoms with Crippen LogP contribution >= 0.6 is 22.6 Å². The predicted molar refractivity (Wildman–Crippen MR) is 99.9 cm³/mol. The smallest absolute Gasteiger partial charge is 0.192 e. The Morgan fingerprint density at radius 3 is 2.10 bits per heavy atom. The Hall–Kier alpha value is 0.347. The van der Waals surface area contributed by atoms with E-state index in [1.165, 1.54) is 11.1 Å². The van der Waals surface area contributed by atoms with Crippen molar-refractivity contribution in [3.63, 3.8) is 0 Å². The molecule has 0 unspecified atom stereocenters. The zero-order valence-electron chi connectivity index (χ0n) is 14.2. The summed E-state index contributed by atoms with van der Waals surface area (Å²) in [5, 5.41) is 9.85. The average molecular weight is 410 g/mol. The monoisotopic (exact) mass is 410 g/mol. The van der Waals surface area contributed by atoms with Crippen molar-refractivity contribution in [2.24, 2.45) is 5.92 Å². The lowest BCUT2D eigenvalue weighted by atomic mass is 10.00. The van der Waals surface area contributed by atoms with Crippen molar-refractivity contribution in [2.45, 2.75) is 65.8 Å². The first-order chi connectivity index (χ1) is 8.96. The third-order valence-corrected chi connectivity index (χ3v) is 9.76. The summed E-state index contributed by atoms with van der Waals surface area (Å²) in [5.41, 5.74) is 2.52. The second-order valence-corrected chi connectivity index (χ2v) is 12.5. The van der Waals surface area contributed by atoms with Gasteiger partial charge in [-0.05, 0) is 41.6 Å². The van der Waals surface area contributed by atoms with Gasteiger partial charge in [0.25, 0.3) is 0 Å². The molecule has 2 nitrogen and oxygen atoms in total. The second kappa shape index (κ2) is 8.10. The van der Waals surface area contributed by atoms with E-state index < -0.39 is 8.32 Å². The Kier molecular flexibility index (Phi) is 8.25. The summed E-state index contributed by atoms with van der Waals surface area (Å²) in [4.78, 5) is 0. The Balaban J connectivity index is 5.03. The fraction of sp³-hybridized carbons (Fsp3) is 0.750. The van der Waals surface area contributed by atoms with E-state index in [2.05, 4.69) is 87.4 Å². The highest BCUT2D eigenvalue weighted by Gasteiger charge is 2.39. The van der Waals surface area contributed by atoms with Gasteiger partial charge < -0.3 is 9.53 Å². The van der Waals surface area contributed by atoms with Gasteiger partial charge in [0, 0.05) is 5.92 Å². The number of allylic oxidation sites excluding steroid dienone is 2. The molecule has 118 valence electrons. The fourth-order valence-electron chi connectivity index (χ4n) is 1.59. The van der Waals surface area contributed by atoms with Gasteiger partial charge in [-0.15, -0.1) is 0 Å². The molecule has 2 atom stereocenters. The van der Waals surface area contributed by atoms with Gasteiger partial charge in [0.2, 0.25) is 0 Å². The minimum atomic E-state index is -1.84. The third-order valence-electron chi connectivity index (χ3n) is 4.32. The molecule has 0 bridgehead atoms. The van der Waals surface area contributed by atoms with Gasteiger partial charge in [0.1, 0.15) is 0 Å². The summed E-state index contributed by atoms with van der Waals surface area (Å²) in [5.74, 6) is 0.209. The van der Waals surface area contributed by atoms with Crippen molar-refractivity contribution >= 4 is 30.9 Å². The number of hydrogen-bond acceptors (Lipinski definition) is 2. The molecule has 0 saturated heterocycles. The van der Waals surface area contributed by atoms with Crippen molar-refractivity contribution in [3.05, 3.63) is 21.3 Å². The van der Waals surface area contributed by atoms with E-state index in [9.17, 15) is 5.11 Å². The van der Waals surface area contributed by atoms with E-state index in [1.54, 1.807) is 0 Å². The van der Waals surface area contributed by atoms with Crippen LogP contribution in [0.2, 0.25) is 18.1 Å². The number of aliphatic hydroxyl groups excluding tert-OH is 1. The lowest BCUT2D eigenvalue weighted by Gasteiger charge is -2.40. The first-order valence-corrected chi connectivity index (χ1v) is 11.4. The number of rotatable bonds is 6. The fourth-order valence-corrected chi connectivity index (χ4v) is 3.48. The van der Waals surface area contributed by atoms with E-state index in [0.717, 1.165) is 0 Å². The van der Waals surface area contributed by atoms with Crippen LogP contribution in [0.5, 0.6) is 0 Å². The summed E-state index contributed by atoms with van der Waals surface area (Å²) in [6, 6.07) is 0. The molecule has 0 radical (unpaired) electrons. The average Bonchev–Trinajstić information content (AvgIpc) is 2.33. The van der Waals surface area contributed by atoms with Crippen molar-refractivity contribution in [1.82, 2.24) is 0 Å². The highest BCUT2D eigenvalue weighted by Crippen LogP contribution is 2.38. The SMILES string of the molecule is CC(=C\I)/C(C)=C/[C@@H](C)[C@H](CO)O[Si](C)(C)C(C)(C)C. The number of hydrogen-bond donors (Lipinski definition) is 1. The molecule has 0 rings (SSSR count). The van der Waals surface area contributed by atoms with Gasteiger partial charge in [0.15, 0.2) is 8.32 Å². The van der Waals surface area contributed by atoms with Gasteiger partial charge in [-0.2, -0.15) is 0 Å².